The number of carboxylic acid groups (broad SMARTS) is 1. The quantitative estimate of drug-likeness (QED) is 0.826. The molecule has 1 aromatic carbocycles. The summed E-state index contributed by atoms with van der Waals surface area (Å²) in [6, 6.07) is 2.90. The lowest BCUT2D eigenvalue weighted by Crippen LogP contribution is -2.35. The molecule has 0 amide bonds. The van der Waals surface area contributed by atoms with E-state index in [2.05, 4.69) is 0 Å². The molecule has 6 heteroatoms. The van der Waals surface area contributed by atoms with Crippen LogP contribution < -0.4 is 0 Å². The zero-order valence-corrected chi connectivity index (χ0v) is 10.9. The van der Waals surface area contributed by atoms with Crippen LogP contribution in [0.4, 0.5) is 8.78 Å². The number of ether oxygens (including phenoxy) is 1. The van der Waals surface area contributed by atoms with Gasteiger partial charge in [0.05, 0.1) is 13.2 Å². The van der Waals surface area contributed by atoms with E-state index in [0.29, 0.717) is 0 Å². The third kappa shape index (κ3) is 4.25. The van der Waals surface area contributed by atoms with Gasteiger partial charge < -0.3 is 9.84 Å². The Kier molecular flexibility index (Phi) is 5.85. The molecule has 0 aromatic heterocycles. The first-order chi connectivity index (χ1) is 8.97. The molecule has 0 bridgehead atoms. The zero-order chi connectivity index (χ0) is 14.4. The number of carbonyl (C=O) groups is 1. The second kappa shape index (κ2) is 7.16. The Morgan fingerprint density at radius 3 is 2.47 bits per heavy atom. The molecule has 0 aliphatic rings. The van der Waals surface area contributed by atoms with Gasteiger partial charge in [-0.25, -0.2) is 8.78 Å². The van der Waals surface area contributed by atoms with Crippen molar-refractivity contribution in [3.8, 4) is 0 Å². The molecular weight excluding hydrogens is 256 g/mol. The zero-order valence-electron chi connectivity index (χ0n) is 10.9. The van der Waals surface area contributed by atoms with Gasteiger partial charge >= 0.3 is 5.97 Å². The highest BCUT2D eigenvalue weighted by molar-refractivity contribution is 5.69. The van der Waals surface area contributed by atoms with Gasteiger partial charge in [0.2, 0.25) is 0 Å². The van der Waals surface area contributed by atoms with Crippen LogP contribution in [0.2, 0.25) is 0 Å². The first kappa shape index (κ1) is 15.5. The molecule has 1 aromatic rings. The van der Waals surface area contributed by atoms with E-state index in [-0.39, 0.29) is 25.3 Å². The number of benzene rings is 1. The van der Waals surface area contributed by atoms with Crippen molar-refractivity contribution >= 4 is 5.97 Å². The van der Waals surface area contributed by atoms with Crippen LogP contribution in [0.3, 0.4) is 0 Å². The molecule has 0 saturated heterocycles. The first-order valence-corrected chi connectivity index (χ1v) is 5.86. The van der Waals surface area contributed by atoms with Crippen LogP contribution in [0.15, 0.2) is 18.2 Å². The summed E-state index contributed by atoms with van der Waals surface area (Å²) in [6.07, 6.45) is 0. The van der Waals surface area contributed by atoms with Gasteiger partial charge in [0.1, 0.15) is 11.6 Å². The topological polar surface area (TPSA) is 49.8 Å². The highest BCUT2D eigenvalue weighted by atomic mass is 19.1. The van der Waals surface area contributed by atoms with E-state index in [4.69, 9.17) is 9.84 Å². The average molecular weight is 273 g/mol. The van der Waals surface area contributed by atoms with Gasteiger partial charge in [-0.15, -0.1) is 0 Å². The predicted octanol–water partition coefficient (Wildman–Crippen LogP) is 2.06. The van der Waals surface area contributed by atoms with Crippen LogP contribution in [0.1, 0.15) is 18.5 Å². The fourth-order valence-corrected chi connectivity index (χ4v) is 1.88. The van der Waals surface area contributed by atoms with E-state index in [0.717, 1.165) is 12.1 Å². The number of rotatable bonds is 7. The van der Waals surface area contributed by atoms with E-state index in [1.165, 1.54) is 18.1 Å². The van der Waals surface area contributed by atoms with Crippen molar-refractivity contribution in [2.45, 2.75) is 13.0 Å². The minimum Gasteiger partial charge on any atom is -0.480 e. The molecule has 106 valence electrons. The summed E-state index contributed by atoms with van der Waals surface area (Å²) in [5.74, 6) is -2.42. The van der Waals surface area contributed by atoms with Gasteiger partial charge in [0.15, 0.2) is 0 Å². The Bertz CT molecular complexity index is 420. The average Bonchev–Trinajstić information content (AvgIpc) is 2.33. The van der Waals surface area contributed by atoms with E-state index >= 15 is 0 Å². The second-order valence-electron chi connectivity index (χ2n) is 4.17. The molecule has 19 heavy (non-hydrogen) atoms. The summed E-state index contributed by atoms with van der Waals surface area (Å²) < 4.78 is 32.2. The van der Waals surface area contributed by atoms with Crippen molar-refractivity contribution in [1.29, 1.82) is 0 Å². The third-order valence-corrected chi connectivity index (χ3v) is 2.89. The molecule has 4 nitrogen and oxygen atoms in total. The maximum Gasteiger partial charge on any atom is 0.317 e. The number of hydrogen-bond acceptors (Lipinski definition) is 3. The Hall–Kier alpha value is -1.53. The summed E-state index contributed by atoms with van der Waals surface area (Å²) in [5, 5.41) is 8.85. The summed E-state index contributed by atoms with van der Waals surface area (Å²) in [6.45, 7) is 1.82. The van der Waals surface area contributed by atoms with E-state index in [9.17, 15) is 13.6 Å². The Morgan fingerprint density at radius 1 is 1.42 bits per heavy atom. The molecule has 1 atom stereocenters. The number of carboxylic acids is 1. The van der Waals surface area contributed by atoms with Crippen LogP contribution in [-0.4, -0.2) is 42.8 Å². The first-order valence-electron chi connectivity index (χ1n) is 5.86. The van der Waals surface area contributed by atoms with Gasteiger partial charge in [0, 0.05) is 25.3 Å². The Morgan fingerprint density at radius 2 is 2.00 bits per heavy atom. The van der Waals surface area contributed by atoms with Gasteiger partial charge in [0.25, 0.3) is 0 Å². The molecule has 0 radical (unpaired) electrons. The molecule has 1 N–H and O–H groups in total. The number of aliphatic carboxylic acids is 1. The monoisotopic (exact) mass is 273 g/mol. The molecule has 0 heterocycles. The summed E-state index contributed by atoms with van der Waals surface area (Å²) >= 11 is 0. The van der Waals surface area contributed by atoms with E-state index in [1.807, 2.05) is 0 Å². The van der Waals surface area contributed by atoms with Crippen LogP contribution in [-0.2, 0) is 9.53 Å². The van der Waals surface area contributed by atoms with Crippen molar-refractivity contribution in [2.24, 2.45) is 0 Å². The number of methoxy groups -OCH3 is 1. The maximum absolute atomic E-state index is 13.7. The summed E-state index contributed by atoms with van der Waals surface area (Å²) in [5.41, 5.74) is -0.125. The minimum absolute atomic E-state index is 0.125. The molecule has 0 saturated carbocycles. The highest BCUT2D eigenvalue weighted by Gasteiger charge is 2.23. The van der Waals surface area contributed by atoms with Crippen LogP contribution >= 0.6 is 0 Å². The number of hydrogen-bond donors (Lipinski definition) is 1. The lowest BCUT2D eigenvalue weighted by Gasteiger charge is -2.28. The number of nitrogens with zero attached hydrogens (tertiary/aromatic N) is 1. The van der Waals surface area contributed by atoms with E-state index < -0.39 is 23.6 Å². The Labute approximate surface area is 110 Å². The summed E-state index contributed by atoms with van der Waals surface area (Å²) in [7, 11) is 1.48. The molecule has 0 spiro atoms. The normalized spacial score (nSPS) is 12.7. The van der Waals surface area contributed by atoms with Gasteiger partial charge in [-0.05, 0) is 19.1 Å². The van der Waals surface area contributed by atoms with Crippen molar-refractivity contribution < 1.29 is 23.4 Å². The molecule has 1 unspecified atom stereocenters. The smallest absolute Gasteiger partial charge is 0.317 e. The maximum atomic E-state index is 13.7. The lowest BCUT2D eigenvalue weighted by molar-refractivity contribution is -0.139. The number of halogens is 2. The standard InChI is InChI=1S/C13H17F2NO3/c1-9(13-10(14)4-3-5-11(13)15)16(6-7-19-2)8-12(17)18/h3-5,9H,6-8H2,1-2H3,(H,17,18). The van der Waals surface area contributed by atoms with Crippen molar-refractivity contribution in [2.75, 3.05) is 26.8 Å². The van der Waals surface area contributed by atoms with E-state index in [1.54, 1.807) is 6.92 Å². The van der Waals surface area contributed by atoms with Crippen molar-refractivity contribution in [3.63, 3.8) is 0 Å². The van der Waals surface area contributed by atoms with Crippen molar-refractivity contribution in [1.82, 2.24) is 4.90 Å². The van der Waals surface area contributed by atoms with Crippen LogP contribution in [0, 0.1) is 11.6 Å². The van der Waals surface area contributed by atoms with Crippen LogP contribution in [0.5, 0.6) is 0 Å². The SMILES string of the molecule is COCCN(CC(=O)O)C(C)c1c(F)cccc1F. The van der Waals surface area contributed by atoms with Crippen LogP contribution in [0.25, 0.3) is 0 Å². The summed E-state index contributed by atoms with van der Waals surface area (Å²) in [4.78, 5) is 12.3. The molecular formula is C13H17F2NO3. The molecule has 0 fully saturated rings. The van der Waals surface area contributed by atoms with Gasteiger partial charge in [-0.1, -0.05) is 6.07 Å². The highest BCUT2D eigenvalue weighted by Crippen LogP contribution is 2.25. The fraction of sp³-hybridized carbons (Fsp3) is 0.462. The Balaban J connectivity index is 2.97. The molecule has 1 rings (SSSR count). The predicted molar refractivity (Wildman–Crippen MR) is 65.9 cm³/mol. The molecule has 0 aliphatic heterocycles. The second-order valence-corrected chi connectivity index (χ2v) is 4.17. The lowest BCUT2D eigenvalue weighted by atomic mass is 10.1. The largest absolute Gasteiger partial charge is 0.480 e. The minimum atomic E-state index is -1.06. The van der Waals surface area contributed by atoms with Gasteiger partial charge in [-0.2, -0.15) is 0 Å². The fourth-order valence-electron chi connectivity index (χ4n) is 1.88. The van der Waals surface area contributed by atoms with Crippen molar-refractivity contribution in [3.05, 3.63) is 35.4 Å². The third-order valence-electron chi connectivity index (χ3n) is 2.89. The molecule has 0 aliphatic carbocycles. The van der Waals surface area contributed by atoms with Gasteiger partial charge in [-0.3, -0.25) is 9.69 Å².